The number of nitrogens with zero attached hydrogens (tertiary/aromatic N) is 3. The van der Waals surface area contributed by atoms with Gasteiger partial charge in [0.2, 0.25) is 11.8 Å². The van der Waals surface area contributed by atoms with Crippen molar-refractivity contribution in [2.24, 2.45) is 0 Å². The minimum atomic E-state index is 0.130. The van der Waals surface area contributed by atoms with Crippen molar-refractivity contribution in [3.63, 3.8) is 0 Å². The summed E-state index contributed by atoms with van der Waals surface area (Å²) >= 11 is 0. The number of piperidine rings is 1. The van der Waals surface area contributed by atoms with Gasteiger partial charge in [0.25, 0.3) is 0 Å². The molecule has 6 nitrogen and oxygen atoms in total. The summed E-state index contributed by atoms with van der Waals surface area (Å²) < 4.78 is 5.22. The van der Waals surface area contributed by atoms with Crippen LogP contribution in [0.25, 0.3) is 0 Å². The van der Waals surface area contributed by atoms with Crippen LogP contribution in [-0.2, 0) is 24.2 Å². The molecule has 1 saturated heterocycles. The van der Waals surface area contributed by atoms with Crippen molar-refractivity contribution in [3.05, 3.63) is 47.1 Å². The second kappa shape index (κ2) is 10.4. The Hall–Kier alpha value is -2.21. The Kier molecular flexibility index (Phi) is 7.60. The summed E-state index contributed by atoms with van der Waals surface area (Å²) in [5.74, 6) is 1.53. The van der Waals surface area contributed by atoms with Gasteiger partial charge < -0.3 is 9.84 Å². The maximum absolute atomic E-state index is 12.2. The summed E-state index contributed by atoms with van der Waals surface area (Å²) in [7, 11) is 0. The molecule has 0 spiro atoms. The lowest BCUT2D eigenvalue weighted by Crippen LogP contribution is -2.44. The number of hydrogen-bond donors (Lipinski definition) is 1. The van der Waals surface area contributed by atoms with Crippen molar-refractivity contribution in [2.75, 3.05) is 13.1 Å². The van der Waals surface area contributed by atoms with Gasteiger partial charge in [0.1, 0.15) is 0 Å². The number of amides is 1. The molecule has 0 bridgehead atoms. The first-order valence-electron chi connectivity index (χ1n) is 10.5. The van der Waals surface area contributed by atoms with E-state index < -0.39 is 0 Å². The molecule has 28 heavy (non-hydrogen) atoms. The van der Waals surface area contributed by atoms with Crippen molar-refractivity contribution < 1.29 is 9.32 Å². The molecule has 2 aromatic rings. The topological polar surface area (TPSA) is 71.3 Å². The molecule has 1 aliphatic rings. The number of rotatable bonds is 9. The quantitative estimate of drug-likeness (QED) is 0.717. The van der Waals surface area contributed by atoms with Gasteiger partial charge in [-0.3, -0.25) is 9.69 Å². The molecule has 1 aromatic heterocycles. The van der Waals surface area contributed by atoms with E-state index in [1.54, 1.807) is 0 Å². The number of likely N-dealkylation sites (tertiary alicyclic amines) is 1. The molecule has 0 unspecified atom stereocenters. The van der Waals surface area contributed by atoms with Crippen molar-refractivity contribution in [2.45, 2.75) is 71.4 Å². The average molecular weight is 385 g/mol. The van der Waals surface area contributed by atoms with E-state index in [1.165, 1.54) is 11.1 Å². The summed E-state index contributed by atoms with van der Waals surface area (Å²) in [6, 6.07) is 8.86. The van der Waals surface area contributed by atoms with Gasteiger partial charge in [-0.25, -0.2) is 0 Å². The van der Waals surface area contributed by atoms with Gasteiger partial charge >= 0.3 is 0 Å². The minimum Gasteiger partial charge on any atom is -0.353 e. The van der Waals surface area contributed by atoms with Crippen LogP contribution in [0.3, 0.4) is 0 Å². The Morgan fingerprint density at radius 3 is 2.79 bits per heavy atom. The molecule has 0 saturated carbocycles. The van der Waals surface area contributed by atoms with Crippen LogP contribution in [0.15, 0.2) is 28.8 Å². The van der Waals surface area contributed by atoms with Crippen molar-refractivity contribution in [1.29, 1.82) is 0 Å². The average Bonchev–Trinajstić information content (AvgIpc) is 3.13. The maximum Gasteiger partial charge on any atom is 0.226 e. The highest BCUT2D eigenvalue weighted by Gasteiger charge is 2.21. The molecule has 2 heterocycles. The van der Waals surface area contributed by atoms with Crippen LogP contribution in [0.1, 0.15) is 61.9 Å². The first-order chi connectivity index (χ1) is 13.6. The van der Waals surface area contributed by atoms with Gasteiger partial charge in [-0.2, -0.15) is 4.98 Å². The van der Waals surface area contributed by atoms with E-state index >= 15 is 0 Å². The fourth-order valence-corrected chi connectivity index (χ4v) is 3.68. The first-order valence-corrected chi connectivity index (χ1v) is 10.5. The smallest absolute Gasteiger partial charge is 0.226 e. The lowest BCUT2D eigenvalue weighted by atomic mass is 10.0. The molecule has 6 heteroatoms. The van der Waals surface area contributed by atoms with Gasteiger partial charge in [-0.05, 0) is 43.7 Å². The van der Waals surface area contributed by atoms with Gasteiger partial charge in [0, 0.05) is 44.9 Å². The maximum atomic E-state index is 12.2. The Labute approximate surface area is 167 Å². The second-order valence-corrected chi connectivity index (χ2v) is 7.75. The zero-order chi connectivity index (χ0) is 19.8. The fraction of sp³-hybridized carbons (Fsp3) is 0.591. The van der Waals surface area contributed by atoms with Crippen molar-refractivity contribution in [1.82, 2.24) is 20.4 Å². The molecular weight excluding hydrogens is 352 g/mol. The molecule has 1 fully saturated rings. The molecule has 0 atom stereocenters. The van der Waals surface area contributed by atoms with Crippen LogP contribution in [0.4, 0.5) is 0 Å². The lowest BCUT2D eigenvalue weighted by molar-refractivity contribution is -0.122. The third-order valence-electron chi connectivity index (χ3n) is 5.39. The van der Waals surface area contributed by atoms with Crippen LogP contribution >= 0.6 is 0 Å². The first kappa shape index (κ1) is 20.5. The number of nitrogens with one attached hydrogen (secondary N) is 1. The van der Waals surface area contributed by atoms with Crippen LogP contribution in [-0.4, -0.2) is 40.1 Å². The van der Waals surface area contributed by atoms with Crippen LogP contribution in [0, 0.1) is 6.92 Å². The number of carbonyl (C=O) groups is 1. The Balaban J connectivity index is 1.32. The summed E-state index contributed by atoms with van der Waals surface area (Å²) in [4.78, 5) is 19.1. The molecule has 1 amide bonds. The van der Waals surface area contributed by atoms with Gasteiger partial charge in [0.15, 0.2) is 5.82 Å². The molecule has 1 N–H and O–H groups in total. The molecule has 0 aliphatic carbocycles. The molecule has 0 radical (unpaired) electrons. The highest BCUT2D eigenvalue weighted by Crippen LogP contribution is 2.16. The number of benzene rings is 1. The van der Waals surface area contributed by atoms with E-state index in [9.17, 15) is 4.79 Å². The van der Waals surface area contributed by atoms with Gasteiger partial charge in [-0.15, -0.1) is 0 Å². The summed E-state index contributed by atoms with van der Waals surface area (Å²) in [6.45, 7) is 7.31. The van der Waals surface area contributed by atoms with E-state index in [2.05, 4.69) is 58.5 Å². The fourth-order valence-electron chi connectivity index (χ4n) is 3.68. The Bertz CT molecular complexity index is 750. The van der Waals surface area contributed by atoms with E-state index in [1.807, 2.05) is 0 Å². The largest absolute Gasteiger partial charge is 0.353 e. The lowest BCUT2D eigenvalue weighted by Gasteiger charge is -2.32. The number of carbonyl (C=O) groups excluding carboxylic acids is 1. The number of aromatic nitrogens is 2. The van der Waals surface area contributed by atoms with Gasteiger partial charge in [-0.1, -0.05) is 36.3 Å². The zero-order valence-electron chi connectivity index (χ0n) is 17.1. The number of hydrogen-bond acceptors (Lipinski definition) is 5. The van der Waals surface area contributed by atoms with Crippen LogP contribution in [0.5, 0.6) is 0 Å². The second-order valence-electron chi connectivity index (χ2n) is 7.75. The molecular formula is C22H32N4O2. The molecule has 1 aromatic carbocycles. The van der Waals surface area contributed by atoms with E-state index in [4.69, 9.17) is 4.52 Å². The summed E-state index contributed by atoms with van der Waals surface area (Å²) in [6.07, 6.45) is 5.79. The minimum absolute atomic E-state index is 0.130. The highest BCUT2D eigenvalue weighted by molar-refractivity contribution is 5.76. The van der Waals surface area contributed by atoms with Crippen molar-refractivity contribution >= 4 is 5.91 Å². The number of aryl methyl sites for hydroxylation is 3. The SMILES string of the molecule is CCCc1noc(CCCC(=O)NC2CCN(Cc3ccccc3C)CC2)n1. The van der Waals surface area contributed by atoms with Crippen LogP contribution in [0.2, 0.25) is 0 Å². The van der Waals surface area contributed by atoms with E-state index in [0.717, 1.165) is 57.6 Å². The third kappa shape index (κ3) is 6.16. The van der Waals surface area contributed by atoms with Crippen molar-refractivity contribution in [3.8, 4) is 0 Å². The van der Waals surface area contributed by atoms with E-state index in [-0.39, 0.29) is 5.91 Å². The summed E-state index contributed by atoms with van der Waals surface area (Å²) in [5, 5.41) is 7.14. The summed E-state index contributed by atoms with van der Waals surface area (Å²) in [5.41, 5.74) is 2.74. The molecule has 1 aliphatic heterocycles. The van der Waals surface area contributed by atoms with Crippen LogP contribution < -0.4 is 5.32 Å². The van der Waals surface area contributed by atoms with E-state index in [0.29, 0.717) is 24.8 Å². The predicted octanol–water partition coefficient (Wildman–Crippen LogP) is 3.43. The highest BCUT2D eigenvalue weighted by atomic mass is 16.5. The normalized spacial score (nSPS) is 15.6. The molecule has 152 valence electrons. The third-order valence-corrected chi connectivity index (χ3v) is 5.39. The monoisotopic (exact) mass is 384 g/mol. The van der Waals surface area contributed by atoms with Gasteiger partial charge in [0.05, 0.1) is 0 Å². The Morgan fingerprint density at radius 1 is 1.25 bits per heavy atom. The predicted molar refractivity (Wildman–Crippen MR) is 109 cm³/mol. The Morgan fingerprint density at radius 2 is 2.04 bits per heavy atom. The molecule has 3 rings (SSSR count). The standard InChI is InChI=1S/C22H32N4O2/c1-3-7-20-24-22(28-25-20)11-6-10-21(27)23-19-12-14-26(15-13-19)16-18-9-5-4-8-17(18)2/h4-5,8-9,19H,3,6-7,10-16H2,1-2H3,(H,23,27). The zero-order valence-corrected chi connectivity index (χ0v) is 17.1.